The summed E-state index contributed by atoms with van der Waals surface area (Å²) in [6.07, 6.45) is -2.93. The molecule has 1 aliphatic rings. The molecule has 0 spiro atoms. The number of aromatic nitrogens is 4. The van der Waals surface area contributed by atoms with Crippen LogP contribution in [0.4, 0.5) is 19.0 Å². The summed E-state index contributed by atoms with van der Waals surface area (Å²) in [7, 11) is 0. The zero-order chi connectivity index (χ0) is 19.0. The lowest BCUT2D eigenvalue weighted by molar-refractivity contribution is -0.141. The smallest absolute Gasteiger partial charge is 0.433 e. The first-order chi connectivity index (χ1) is 12.9. The number of benzene rings is 1. The van der Waals surface area contributed by atoms with Crippen LogP contribution >= 0.6 is 11.6 Å². The standard InChI is InChI=1S/C16H13ClF3N5O2/c17-10-5-9(6-11-14(10)27-4-3-26-11)1-2-21-13-7-12(16(18,19)20)24-15-22-8-23-25(13)15/h5-8,21H,1-4H2. The van der Waals surface area contributed by atoms with Crippen LogP contribution in [-0.4, -0.2) is 39.3 Å². The highest BCUT2D eigenvalue weighted by atomic mass is 35.5. The lowest BCUT2D eigenvalue weighted by atomic mass is 10.1. The molecule has 0 saturated carbocycles. The second kappa shape index (κ2) is 6.76. The summed E-state index contributed by atoms with van der Waals surface area (Å²) in [5.74, 6) is 1.08. The van der Waals surface area contributed by atoms with E-state index in [2.05, 4.69) is 20.4 Å². The normalized spacial score (nSPS) is 13.8. The molecule has 0 bridgehead atoms. The zero-order valence-corrected chi connectivity index (χ0v) is 14.5. The molecule has 3 aromatic rings. The van der Waals surface area contributed by atoms with Crippen LogP contribution in [0.1, 0.15) is 11.3 Å². The maximum Gasteiger partial charge on any atom is 0.433 e. The van der Waals surface area contributed by atoms with E-state index in [1.807, 2.05) is 0 Å². The third-order valence-corrected chi connectivity index (χ3v) is 4.20. The van der Waals surface area contributed by atoms with Gasteiger partial charge in [-0.2, -0.15) is 27.8 Å². The lowest BCUT2D eigenvalue weighted by Crippen LogP contribution is -2.16. The molecule has 11 heteroatoms. The fourth-order valence-electron chi connectivity index (χ4n) is 2.73. The minimum absolute atomic E-state index is 0.130. The molecule has 0 atom stereocenters. The number of halogens is 4. The third kappa shape index (κ3) is 3.57. The van der Waals surface area contributed by atoms with Crippen LogP contribution in [0, 0.1) is 0 Å². The van der Waals surface area contributed by atoms with Gasteiger partial charge < -0.3 is 14.8 Å². The monoisotopic (exact) mass is 399 g/mol. The summed E-state index contributed by atoms with van der Waals surface area (Å²) >= 11 is 6.20. The summed E-state index contributed by atoms with van der Waals surface area (Å²) < 4.78 is 51.2. The third-order valence-electron chi connectivity index (χ3n) is 3.92. The van der Waals surface area contributed by atoms with Crippen LogP contribution in [0.5, 0.6) is 11.5 Å². The Labute approximate surface area is 156 Å². The highest BCUT2D eigenvalue weighted by molar-refractivity contribution is 6.32. The molecule has 27 heavy (non-hydrogen) atoms. The van der Waals surface area contributed by atoms with E-state index in [9.17, 15) is 13.2 Å². The number of hydrogen-bond donors (Lipinski definition) is 1. The number of nitrogens with one attached hydrogen (secondary N) is 1. The second-order valence-corrected chi connectivity index (χ2v) is 6.18. The van der Waals surface area contributed by atoms with Gasteiger partial charge in [0.15, 0.2) is 17.2 Å². The molecule has 0 amide bonds. The first kappa shape index (κ1) is 17.7. The van der Waals surface area contributed by atoms with E-state index in [1.54, 1.807) is 12.1 Å². The maximum atomic E-state index is 13.0. The number of ether oxygens (including phenoxy) is 2. The van der Waals surface area contributed by atoms with Gasteiger partial charge in [-0.05, 0) is 24.1 Å². The predicted octanol–water partition coefficient (Wildman–Crippen LogP) is 3.22. The maximum absolute atomic E-state index is 13.0. The van der Waals surface area contributed by atoms with E-state index in [4.69, 9.17) is 21.1 Å². The van der Waals surface area contributed by atoms with Gasteiger partial charge in [0.25, 0.3) is 5.78 Å². The lowest BCUT2D eigenvalue weighted by Gasteiger charge is -2.20. The minimum Gasteiger partial charge on any atom is -0.486 e. The molecule has 0 saturated heterocycles. The Morgan fingerprint density at radius 2 is 2.00 bits per heavy atom. The molecule has 0 unspecified atom stereocenters. The van der Waals surface area contributed by atoms with Crippen molar-refractivity contribution >= 4 is 23.2 Å². The van der Waals surface area contributed by atoms with Crippen molar-refractivity contribution in [3.8, 4) is 11.5 Å². The molecule has 2 aromatic heterocycles. The number of alkyl halides is 3. The summed E-state index contributed by atoms with van der Waals surface area (Å²) in [4.78, 5) is 7.20. The number of fused-ring (bicyclic) bond motifs is 2. The van der Waals surface area contributed by atoms with E-state index in [-0.39, 0.29) is 11.6 Å². The summed E-state index contributed by atoms with van der Waals surface area (Å²) in [6.45, 7) is 1.21. The highest BCUT2D eigenvalue weighted by Crippen LogP contribution is 2.38. The van der Waals surface area contributed by atoms with Gasteiger partial charge in [0.2, 0.25) is 0 Å². The van der Waals surface area contributed by atoms with Crippen molar-refractivity contribution in [2.45, 2.75) is 12.6 Å². The van der Waals surface area contributed by atoms with Gasteiger partial charge in [-0.3, -0.25) is 0 Å². The Morgan fingerprint density at radius 1 is 1.19 bits per heavy atom. The van der Waals surface area contributed by atoms with Gasteiger partial charge in [0, 0.05) is 12.6 Å². The van der Waals surface area contributed by atoms with Crippen molar-refractivity contribution < 1.29 is 22.6 Å². The van der Waals surface area contributed by atoms with Gasteiger partial charge in [-0.1, -0.05) is 11.6 Å². The SMILES string of the molecule is FC(F)(F)c1cc(NCCc2cc(Cl)c3c(c2)OCCO3)n2ncnc2n1. The van der Waals surface area contributed by atoms with Crippen LogP contribution in [0.2, 0.25) is 5.02 Å². The first-order valence-corrected chi connectivity index (χ1v) is 8.39. The fraction of sp³-hybridized carbons (Fsp3) is 0.312. The van der Waals surface area contributed by atoms with Crippen LogP contribution in [0.3, 0.4) is 0 Å². The molecule has 0 radical (unpaired) electrons. The fourth-order valence-corrected chi connectivity index (χ4v) is 3.01. The van der Waals surface area contributed by atoms with E-state index in [0.717, 1.165) is 18.0 Å². The molecule has 1 aliphatic heterocycles. The van der Waals surface area contributed by atoms with Crippen molar-refractivity contribution in [3.63, 3.8) is 0 Å². The molecule has 142 valence electrons. The zero-order valence-electron chi connectivity index (χ0n) is 13.8. The summed E-state index contributed by atoms with van der Waals surface area (Å²) in [6, 6.07) is 4.45. The average molecular weight is 400 g/mol. The van der Waals surface area contributed by atoms with Crippen molar-refractivity contribution in [2.75, 3.05) is 25.1 Å². The van der Waals surface area contributed by atoms with Gasteiger partial charge in [0.05, 0.1) is 5.02 Å². The van der Waals surface area contributed by atoms with Gasteiger partial charge >= 0.3 is 6.18 Å². The molecule has 3 heterocycles. The van der Waals surface area contributed by atoms with Gasteiger partial charge in [-0.25, -0.2) is 4.98 Å². The topological polar surface area (TPSA) is 73.6 Å². The number of hydrogen-bond acceptors (Lipinski definition) is 6. The number of nitrogens with zero attached hydrogens (tertiary/aromatic N) is 4. The second-order valence-electron chi connectivity index (χ2n) is 5.77. The first-order valence-electron chi connectivity index (χ1n) is 8.02. The highest BCUT2D eigenvalue weighted by Gasteiger charge is 2.34. The minimum atomic E-state index is -4.58. The molecule has 1 N–H and O–H groups in total. The Morgan fingerprint density at radius 3 is 2.81 bits per heavy atom. The molecule has 7 nitrogen and oxygen atoms in total. The molecule has 0 aliphatic carbocycles. The van der Waals surface area contributed by atoms with Gasteiger partial charge in [-0.15, -0.1) is 0 Å². The van der Waals surface area contributed by atoms with Crippen molar-refractivity contribution in [3.05, 3.63) is 40.8 Å². The van der Waals surface area contributed by atoms with Crippen LogP contribution in [-0.2, 0) is 12.6 Å². The Kier molecular flexibility index (Phi) is 4.42. The Balaban J connectivity index is 1.53. The van der Waals surface area contributed by atoms with E-state index < -0.39 is 11.9 Å². The van der Waals surface area contributed by atoms with Crippen LogP contribution in [0.25, 0.3) is 5.78 Å². The quantitative estimate of drug-likeness (QED) is 0.726. The van der Waals surface area contributed by atoms with Crippen molar-refractivity contribution in [1.82, 2.24) is 19.6 Å². The predicted molar refractivity (Wildman–Crippen MR) is 90.4 cm³/mol. The van der Waals surface area contributed by atoms with Crippen LogP contribution < -0.4 is 14.8 Å². The molecule has 0 fully saturated rings. The van der Waals surface area contributed by atoms with Crippen molar-refractivity contribution in [2.24, 2.45) is 0 Å². The molecule has 4 rings (SSSR count). The molecular weight excluding hydrogens is 387 g/mol. The summed E-state index contributed by atoms with van der Waals surface area (Å²) in [5.41, 5.74) is -0.176. The van der Waals surface area contributed by atoms with E-state index in [0.29, 0.717) is 42.7 Å². The van der Waals surface area contributed by atoms with Gasteiger partial charge in [0.1, 0.15) is 25.4 Å². The average Bonchev–Trinajstić information content (AvgIpc) is 3.10. The van der Waals surface area contributed by atoms with E-state index >= 15 is 0 Å². The number of anilines is 1. The number of rotatable bonds is 4. The van der Waals surface area contributed by atoms with Crippen LogP contribution in [0.15, 0.2) is 24.5 Å². The van der Waals surface area contributed by atoms with Crippen molar-refractivity contribution in [1.29, 1.82) is 0 Å². The Hall–Kier alpha value is -2.75. The summed E-state index contributed by atoms with van der Waals surface area (Å²) in [5, 5.41) is 7.27. The molecular formula is C16H13ClF3N5O2. The largest absolute Gasteiger partial charge is 0.486 e. The molecule has 1 aromatic carbocycles. The van der Waals surface area contributed by atoms with E-state index in [1.165, 1.54) is 4.52 Å². The Bertz CT molecular complexity index is 992.